The van der Waals surface area contributed by atoms with Crippen molar-refractivity contribution in [2.45, 2.75) is 89.7 Å². The summed E-state index contributed by atoms with van der Waals surface area (Å²) in [5, 5.41) is 0. The van der Waals surface area contributed by atoms with Gasteiger partial charge in [0, 0.05) is 24.0 Å². The molecule has 0 N–H and O–H groups in total. The first-order valence-corrected chi connectivity index (χ1v) is 13.6. The summed E-state index contributed by atoms with van der Waals surface area (Å²) >= 11 is 0. The molecule has 2 aliphatic carbocycles. The number of ether oxygens (including phenoxy) is 2. The fourth-order valence-corrected chi connectivity index (χ4v) is 5.33. The average Bonchev–Trinajstić information content (AvgIpc) is 2.91. The van der Waals surface area contributed by atoms with E-state index in [-0.39, 0.29) is 18.8 Å². The van der Waals surface area contributed by atoms with E-state index in [2.05, 4.69) is 33.8 Å². The fourth-order valence-electron chi connectivity index (χ4n) is 5.33. The number of halogens is 6. The van der Waals surface area contributed by atoms with Crippen LogP contribution in [-0.2, 0) is 23.6 Å². The summed E-state index contributed by atoms with van der Waals surface area (Å²) in [4.78, 5) is 7.26. The molecular formula is C29H34F6N2O2. The largest absolute Gasteiger partial charge is 0.462 e. The Hall–Kier alpha value is -2.62. The number of alkyl halides is 5. The monoisotopic (exact) mass is 556 g/mol. The highest BCUT2D eigenvalue weighted by Crippen LogP contribution is 2.36. The topological polar surface area (TPSA) is 44.2 Å². The maximum Gasteiger partial charge on any atom is 0.462 e. The Morgan fingerprint density at radius 3 is 2.00 bits per heavy atom. The second kappa shape index (κ2) is 12.7. The van der Waals surface area contributed by atoms with Crippen molar-refractivity contribution >= 4 is 0 Å². The van der Waals surface area contributed by atoms with E-state index in [9.17, 15) is 26.3 Å². The molecule has 0 amide bonds. The van der Waals surface area contributed by atoms with Crippen molar-refractivity contribution < 1.29 is 35.8 Å². The first kappa shape index (κ1) is 29.4. The van der Waals surface area contributed by atoms with Crippen molar-refractivity contribution in [3.63, 3.8) is 0 Å². The molecule has 1 heterocycles. The van der Waals surface area contributed by atoms with Gasteiger partial charge in [-0.3, -0.25) is 0 Å². The van der Waals surface area contributed by atoms with E-state index in [4.69, 9.17) is 4.74 Å². The third kappa shape index (κ3) is 8.19. The lowest BCUT2D eigenvalue weighted by Gasteiger charge is -2.28. The van der Waals surface area contributed by atoms with Crippen molar-refractivity contribution in [2.24, 2.45) is 17.8 Å². The molecule has 2 aromatic rings. The molecular weight excluding hydrogens is 522 g/mol. The summed E-state index contributed by atoms with van der Waals surface area (Å²) in [7, 11) is 0. The van der Waals surface area contributed by atoms with E-state index in [0.29, 0.717) is 29.5 Å². The van der Waals surface area contributed by atoms with Crippen molar-refractivity contribution in [3.8, 4) is 5.75 Å². The van der Waals surface area contributed by atoms with Gasteiger partial charge >= 0.3 is 12.3 Å². The van der Waals surface area contributed by atoms with Crippen LogP contribution in [-0.4, -0.2) is 16.1 Å². The van der Waals surface area contributed by atoms with E-state index in [1.807, 2.05) is 0 Å². The first-order valence-electron chi connectivity index (χ1n) is 13.6. The molecule has 2 fully saturated rings. The number of nitrogens with zero attached hydrogens (tertiary/aromatic N) is 2. The minimum atomic E-state index is -4.95. The third-order valence-corrected chi connectivity index (χ3v) is 7.79. The molecule has 0 atom stereocenters. The summed E-state index contributed by atoms with van der Waals surface area (Å²) in [6.07, 6.45) is 8.72. The highest BCUT2D eigenvalue weighted by Gasteiger charge is 2.40. The lowest BCUT2D eigenvalue weighted by atomic mass is 9.79. The number of aromatic nitrogens is 2. The second-order valence-corrected chi connectivity index (χ2v) is 10.6. The van der Waals surface area contributed by atoms with E-state index >= 15 is 0 Å². The molecule has 214 valence electrons. The maximum absolute atomic E-state index is 14.4. The highest BCUT2D eigenvalue weighted by atomic mass is 19.4. The Balaban J connectivity index is 1.22. The van der Waals surface area contributed by atoms with Crippen LogP contribution in [0, 0.1) is 23.6 Å². The van der Waals surface area contributed by atoms with Gasteiger partial charge < -0.3 is 9.47 Å². The molecule has 0 unspecified atom stereocenters. The van der Waals surface area contributed by atoms with Crippen LogP contribution < -0.4 is 4.74 Å². The van der Waals surface area contributed by atoms with E-state index in [1.54, 1.807) is 0 Å². The van der Waals surface area contributed by atoms with Crippen LogP contribution in [0.15, 0.2) is 42.7 Å². The van der Waals surface area contributed by atoms with Gasteiger partial charge in [-0.25, -0.2) is 14.4 Å². The summed E-state index contributed by atoms with van der Waals surface area (Å²) in [6.45, 7) is 2.44. The normalized spacial score (nSPS) is 24.7. The number of benzene rings is 1. The number of hydrogen-bond acceptors (Lipinski definition) is 4. The Morgan fingerprint density at radius 2 is 1.46 bits per heavy atom. The van der Waals surface area contributed by atoms with Crippen LogP contribution >= 0.6 is 0 Å². The molecule has 2 saturated carbocycles. The van der Waals surface area contributed by atoms with Crippen LogP contribution in [0.3, 0.4) is 0 Å². The van der Waals surface area contributed by atoms with Gasteiger partial charge in [0.2, 0.25) is 5.82 Å². The van der Waals surface area contributed by atoms with Gasteiger partial charge in [-0.15, -0.1) is 0 Å². The summed E-state index contributed by atoms with van der Waals surface area (Å²) < 4.78 is 90.9. The summed E-state index contributed by atoms with van der Waals surface area (Å²) in [5.74, 6) is -1.33. The molecule has 4 rings (SSSR count). The molecule has 0 aliphatic heterocycles. The average molecular weight is 557 g/mol. The molecule has 4 nitrogen and oxygen atoms in total. The molecule has 0 saturated heterocycles. The van der Waals surface area contributed by atoms with Gasteiger partial charge in [-0.2, -0.15) is 22.0 Å². The van der Waals surface area contributed by atoms with Crippen LogP contribution in [0.5, 0.6) is 5.75 Å². The molecule has 1 aromatic carbocycles. The van der Waals surface area contributed by atoms with Gasteiger partial charge in [-0.05, 0) is 81.3 Å². The Kier molecular flexibility index (Phi) is 9.56. The van der Waals surface area contributed by atoms with Gasteiger partial charge in [0.25, 0.3) is 0 Å². The van der Waals surface area contributed by atoms with Gasteiger partial charge in [0.1, 0.15) is 11.6 Å². The predicted molar refractivity (Wildman–Crippen MR) is 133 cm³/mol. The van der Waals surface area contributed by atoms with Crippen LogP contribution in [0.25, 0.3) is 0 Å². The molecule has 0 spiro atoms. The zero-order valence-electron chi connectivity index (χ0n) is 21.9. The molecule has 2 aliphatic rings. The fraction of sp³-hybridized carbons (Fsp3) is 0.586. The van der Waals surface area contributed by atoms with Gasteiger partial charge in [-0.1, -0.05) is 25.5 Å². The number of hydrogen-bond donors (Lipinski definition) is 0. The van der Waals surface area contributed by atoms with Gasteiger partial charge in [0.05, 0.1) is 18.3 Å². The van der Waals surface area contributed by atoms with Crippen LogP contribution in [0.4, 0.5) is 26.3 Å². The smallest absolute Gasteiger partial charge is 0.426 e. The van der Waals surface area contributed by atoms with Crippen molar-refractivity contribution in [3.05, 3.63) is 65.5 Å². The predicted octanol–water partition coefficient (Wildman–Crippen LogP) is 8.61. The van der Waals surface area contributed by atoms with E-state index < -0.39 is 35.2 Å². The first-order chi connectivity index (χ1) is 18.5. The van der Waals surface area contributed by atoms with Crippen LogP contribution in [0.1, 0.15) is 81.7 Å². The van der Waals surface area contributed by atoms with Crippen LogP contribution in [0.2, 0.25) is 0 Å². The molecule has 39 heavy (non-hydrogen) atoms. The SMILES string of the molecule is CCC1CCC(/C=C/C2CCC(OCc3cnc(C(F)(F)Oc4ccc(C(F)(F)F)c(F)c4)nc3)CC2)CC1. The molecule has 1 aromatic heterocycles. The Bertz CT molecular complexity index is 1090. The Morgan fingerprint density at radius 1 is 0.872 bits per heavy atom. The molecule has 10 heteroatoms. The summed E-state index contributed by atoms with van der Waals surface area (Å²) in [5.41, 5.74) is -1.08. The highest BCUT2D eigenvalue weighted by molar-refractivity contribution is 5.31. The number of allylic oxidation sites excluding steroid dienone is 2. The van der Waals surface area contributed by atoms with Crippen molar-refractivity contribution in [1.29, 1.82) is 0 Å². The standard InChI is InChI=1S/C29H34F6N2O2/c1-2-19-3-5-20(6-4-19)7-8-21-9-11-23(12-10-21)38-18-22-16-36-27(37-17-22)29(34,35)39-24-13-14-25(26(30)15-24)28(31,32)33/h7-8,13-17,19-21,23H,2-6,9-12,18H2,1H3/b8-7+. The third-order valence-electron chi connectivity index (χ3n) is 7.79. The lowest BCUT2D eigenvalue weighted by molar-refractivity contribution is -0.192. The zero-order chi connectivity index (χ0) is 28.0. The lowest BCUT2D eigenvalue weighted by Crippen LogP contribution is -2.25. The van der Waals surface area contributed by atoms with Crippen molar-refractivity contribution in [2.75, 3.05) is 0 Å². The maximum atomic E-state index is 14.4. The second-order valence-electron chi connectivity index (χ2n) is 10.6. The van der Waals surface area contributed by atoms with E-state index in [1.165, 1.54) is 44.5 Å². The quantitative estimate of drug-likeness (QED) is 0.229. The summed E-state index contributed by atoms with van der Waals surface area (Å²) in [6, 6.07) is 1.20. The van der Waals surface area contributed by atoms with Gasteiger partial charge in [0.15, 0.2) is 0 Å². The minimum Gasteiger partial charge on any atom is -0.426 e. The van der Waals surface area contributed by atoms with Crippen molar-refractivity contribution in [1.82, 2.24) is 9.97 Å². The Labute approximate surface area is 224 Å². The van der Waals surface area contributed by atoms with E-state index in [0.717, 1.165) is 31.6 Å². The number of rotatable bonds is 9. The molecule has 0 bridgehead atoms. The minimum absolute atomic E-state index is 0.0775. The molecule has 0 radical (unpaired) electrons. The zero-order valence-corrected chi connectivity index (χ0v) is 21.9.